The minimum absolute atomic E-state index is 1.01. The highest BCUT2D eigenvalue weighted by Gasteiger charge is 2.16. The van der Waals surface area contributed by atoms with Crippen LogP contribution in [0.3, 0.4) is 0 Å². The predicted octanol–water partition coefficient (Wildman–Crippen LogP) is 4.93. The van der Waals surface area contributed by atoms with E-state index in [4.69, 9.17) is 4.98 Å². The quantitative estimate of drug-likeness (QED) is 0.672. The Morgan fingerprint density at radius 1 is 1.16 bits per heavy atom. The molecule has 1 aliphatic rings. The summed E-state index contributed by atoms with van der Waals surface area (Å²) in [6, 6.07) is 8.49. The number of fused-ring (bicyclic) bond motifs is 2. The van der Waals surface area contributed by atoms with Gasteiger partial charge in [0.1, 0.15) is 5.82 Å². The number of rotatable bonds is 1. The van der Waals surface area contributed by atoms with Gasteiger partial charge < -0.3 is 4.98 Å². The molecule has 2 nitrogen and oxygen atoms in total. The van der Waals surface area contributed by atoms with Gasteiger partial charge in [0, 0.05) is 9.35 Å². The second-order valence-electron chi connectivity index (χ2n) is 5.01. The molecule has 0 radical (unpaired) electrons. The summed E-state index contributed by atoms with van der Waals surface area (Å²) in [6.07, 6.45) is 5.14. The number of hydrogen-bond acceptors (Lipinski definition) is 2. The van der Waals surface area contributed by atoms with Crippen LogP contribution in [0.1, 0.15) is 23.3 Å². The highest BCUT2D eigenvalue weighted by Crippen LogP contribution is 2.35. The van der Waals surface area contributed by atoms with Crippen molar-refractivity contribution >= 4 is 38.3 Å². The molecule has 0 unspecified atom stereocenters. The van der Waals surface area contributed by atoms with Crippen molar-refractivity contribution in [3.8, 4) is 10.7 Å². The molecule has 4 rings (SSSR count). The zero-order valence-corrected chi connectivity index (χ0v) is 12.8. The number of aryl methyl sites for hydroxylation is 2. The Morgan fingerprint density at radius 2 is 2.05 bits per heavy atom. The van der Waals surface area contributed by atoms with Gasteiger partial charge in [-0.1, -0.05) is 15.9 Å². The fourth-order valence-electron chi connectivity index (χ4n) is 2.71. The van der Waals surface area contributed by atoms with Crippen molar-refractivity contribution in [3.05, 3.63) is 39.2 Å². The SMILES string of the molecule is Brc1ccc2nc(-c3cc4c(s3)CCCC4)[nH]c2c1. The number of H-pyrrole nitrogens is 1. The van der Waals surface area contributed by atoms with Gasteiger partial charge in [-0.25, -0.2) is 4.98 Å². The summed E-state index contributed by atoms with van der Waals surface area (Å²) in [6.45, 7) is 0. The van der Waals surface area contributed by atoms with Crippen LogP contribution >= 0.6 is 27.3 Å². The molecule has 0 saturated carbocycles. The second kappa shape index (κ2) is 4.46. The molecule has 0 spiro atoms. The van der Waals surface area contributed by atoms with Crippen molar-refractivity contribution in [2.45, 2.75) is 25.7 Å². The first-order valence-electron chi connectivity index (χ1n) is 6.57. The smallest absolute Gasteiger partial charge is 0.148 e. The fourth-order valence-corrected chi connectivity index (χ4v) is 4.27. The van der Waals surface area contributed by atoms with Crippen molar-refractivity contribution in [3.63, 3.8) is 0 Å². The summed E-state index contributed by atoms with van der Waals surface area (Å²) in [5.41, 5.74) is 3.66. The number of nitrogens with one attached hydrogen (secondary N) is 1. The zero-order chi connectivity index (χ0) is 12.8. The molecule has 0 bridgehead atoms. The lowest BCUT2D eigenvalue weighted by Crippen LogP contribution is -1.96. The highest BCUT2D eigenvalue weighted by atomic mass is 79.9. The van der Waals surface area contributed by atoms with Crippen LogP contribution in [-0.4, -0.2) is 9.97 Å². The molecule has 0 aliphatic heterocycles. The van der Waals surface area contributed by atoms with Gasteiger partial charge in [-0.15, -0.1) is 11.3 Å². The molecule has 4 heteroatoms. The standard InChI is InChI=1S/C15H13BrN2S/c16-10-5-6-11-12(8-10)18-15(17-11)14-7-9-3-1-2-4-13(9)19-14/h5-8H,1-4H2,(H,17,18). The Labute approximate surface area is 124 Å². The number of hydrogen-bond donors (Lipinski definition) is 1. The van der Waals surface area contributed by atoms with E-state index in [1.54, 1.807) is 4.88 Å². The molecule has 0 fully saturated rings. The second-order valence-corrected chi connectivity index (χ2v) is 7.07. The molecule has 2 heterocycles. The number of aromatic amines is 1. The Hall–Kier alpha value is -1.13. The molecule has 0 amide bonds. The van der Waals surface area contributed by atoms with E-state index < -0.39 is 0 Å². The molecule has 1 aromatic carbocycles. The first kappa shape index (κ1) is 11.7. The van der Waals surface area contributed by atoms with Gasteiger partial charge in [-0.3, -0.25) is 0 Å². The van der Waals surface area contributed by atoms with E-state index >= 15 is 0 Å². The summed E-state index contributed by atoms with van der Waals surface area (Å²) >= 11 is 5.40. The molecular formula is C15H13BrN2S. The number of thiophene rings is 1. The first-order valence-corrected chi connectivity index (χ1v) is 8.18. The van der Waals surface area contributed by atoms with E-state index in [2.05, 4.69) is 33.0 Å². The lowest BCUT2D eigenvalue weighted by Gasteiger charge is -2.08. The van der Waals surface area contributed by atoms with E-state index in [1.807, 2.05) is 23.5 Å². The lowest BCUT2D eigenvalue weighted by atomic mass is 9.99. The maximum Gasteiger partial charge on any atom is 0.148 e. The Kier molecular flexibility index (Phi) is 2.74. The van der Waals surface area contributed by atoms with Crippen molar-refractivity contribution < 1.29 is 0 Å². The third-order valence-corrected chi connectivity index (χ3v) is 5.41. The Morgan fingerprint density at radius 3 is 2.95 bits per heavy atom. The lowest BCUT2D eigenvalue weighted by molar-refractivity contribution is 0.697. The summed E-state index contributed by atoms with van der Waals surface area (Å²) in [5, 5.41) is 0. The van der Waals surface area contributed by atoms with Gasteiger partial charge in [-0.2, -0.15) is 0 Å². The molecule has 0 atom stereocenters. The number of nitrogens with zero attached hydrogens (tertiary/aromatic N) is 1. The van der Waals surface area contributed by atoms with Crippen LogP contribution in [0.2, 0.25) is 0 Å². The first-order chi connectivity index (χ1) is 9.29. The minimum Gasteiger partial charge on any atom is -0.337 e. The van der Waals surface area contributed by atoms with Crippen molar-refractivity contribution in [1.29, 1.82) is 0 Å². The number of benzene rings is 1. The highest BCUT2D eigenvalue weighted by molar-refractivity contribution is 9.10. The van der Waals surface area contributed by atoms with Gasteiger partial charge >= 0.3 is 0 Å². The minimum atomic E-state index is 1.01. The number of aromatic nitrogens is 2. The van der Waals surface area contributed by atoms with Gasteiger partial charge in [0.25, 0.3) is 0 Å². The number of imidazole rings is 1. The maximum atomic E-state index is 4.70. The monoisotopic (exact) mass is 332 g/mol. The summed E-state index contributed by atoms with van der Waals surface area (Å²) < 4.78 is 1.08. The predicted molar refractivity (Wildman–Crippen MR) is 83.7 cm³/mol. The normalized spacial score (nSPS) is 14.8. The van der Waals surface area contributed by atoms with Crippen LogP contribution in [0.15, 0.2) is 28.7 Å². The van der Waals surface area contributed by atoms with Crippen LogP contribution in [-0.2, 0) is 12.8 Å². The molecule has 0 saturated heterocycles. The molecule has 96 valence electrons. The van der Waals surface area contributed by atoms with Crippen LogP contribution in [0.4, 0.5) is 0 Å². The van der Waals surface area contributed by atoms with Crippen molar-refractivity contribution in [1.82, 2.24) is 9.97 Å². The summed E-state index contributed by atoms with van der Waals surface area (Å²) in [7, 11) is 0. The van der Waals surface area contributed by atoms with Gasteiger partial charge in [-0.05, 0) is 55.5 Å². The van der Waals surface area contributed by atoms with Crippen LogP contribution in [0.25, 0.3) is 21.7 Å². The van der Waals surface area contributed by atoms with Gasteiger partial charge in [0.05, 0.1) is 15.9 Å². The van der Waals surface area contributed by atoms with E-state index in [1.165, 1.54) is 36.1 Å². The maximum absolute atomic E-state index is 4.70. The average molecular weight is 333 g/mol. The van der Waals surface area contributed by atoms with Crippen molar-refractivity contribution in [2.75, 3.05) is 0 Å². The Bertz CT molecular complexity index is 733. The van der Waals surface area contributed by atoms with E-state index in [9.17, 15) is 0 Å². The third kappa shape index (κ3) is 2.03. The Balaban J connectivity index is 1.83. The zero-order valence-electron chi connectivity index (χ0n) is 10.4. The topological polar surface area (TPSA) is 28.7 Å². The molecular weight excluding hydrogens is 320 g/mol. The van der Waals surface area contributed by atoms with Crippen LogP contribution in [0.5, 0.6) is 0 Å². The van der Waals surface area contributed by atoms with E-state index in [0.29, 0.717) is 0 Å². The number of halogens is 1. The van der Waals surface area contributed by atoms with Crippen LogP contribution in [0, 0.1) is 0 Å². The van der Waals surface area contributed by atoms with Gasteiger partial charge in [0.15, 0.2) is 0 Å². The summed E-state index contributed by atoms with van der Waals surface area (Å²) in [5.74, 6) is 1.01. The largest absolute Gasteiger partial charge is 0.337 e. The fraction of sp³-hybridized carbons (Fsp3) is 0.267. The molecule has 3 aromatic rings. The van der Waals surface area contributed by atoms with Crippen molar-refractivity contribution in [2.24, 2.45) is 0 Å². The van der Waals surface area contributed by atoms with E-state index in [0.717, 1.165) is 21.3 Å². The third-order valence-electron chi connectivity index (χ3n) is 3.67. The summed E-state index contributed by atoms with van der Waals surface area (Å²) in [4.78, 5) is 11.0. The average Bonchev–Trinajstić information content (AvgIpc) is 3.00. The molecule has 2 aromatic heterocycles. The van der Waals surface area contributed by atoms with Gasteiger partial charge in [0.2, 0.25) is 0 Å². The molecule has 1 aliphatic carbocycles. The molecule has 1 N–H and O–H groups in total. The van der Waals surface area contributed by atoms with Crippen LogP contribution < -0.4 is 0 Å². The molecule has 19 heavy (non-hydrogen) atoms. The van der Waals surface area contributed by atoms with E-state index in [-0.39, 0.29) is 0 Å².